The van der Waals surface area contributed by atoms with E-state index in [1.54, 1.807) is 13.0 Å². The average Bonchev–Trinajstić information content (AvgIpc) is 3.12. The molecule has 0 spiro atoms. The fraction of sp³-hybridized carbons (Fsp3) is 0.154. The summed E-state index contributed by atoms with van der Waals surface area (Å²) in [6, 6.07) is 24.3. The summed E-state index contributed by atoms with van der Waals surface area (Å²) in [5.41, 5.74) is 8.45. The highest BCUT2D eigenvalue weighted by Gasteiger charge is 2.21. The molecule has 4 heteroatoms. The Morgan fingerprint density at radius 3 is 2.10 bits per heavy atom. The Kier molecular flexibility index (Phi) is 5.48. The highest BCUT2D eigenvalue weighted by Crippen LogP contribution is 2.41. The molecule has 0 saturated heterocycles. The maximum atomic E-state index is 12.2. The molecule has 0 bridgehead atoms. The maximum Gasteiger partial charge on any atom is 0.339 e. The van der Waals surface area contributed by atoms with E-state index < -0.39 is 0 Å². The van der Waals surface area contributed by atoms with Crippen molar-refractivity contribution in [3.63, 3.8) is 0 Å². The molecule has 2 aromatic heterocycles. The number of aromatic nitrogens is 2. The Labute approximate surface area is 176 Å². The van der Waals surface area contributed by atoms with Crippen molar-refractivity contribution >= 4 is 5.97 Å². The molecule has 0 aliphatic heterocycles. The van der Waals surface area contributed by atoms with E-state index >= 15 is 0 Å². The van der Waals surface area contributed by atoms with Gasteiger partial charge in [-0.15, -0.1) is 0 Å². The standard InChI is InChI=1S/C26H24N2O2/c1-4-30-26(29)21-15-16-22(27-17(21)2)23-18(3)28-25(20-13-9-6-10-14-20)24(23)19-11-7-5-8-12-19/h5-16,28H,4H2,1-3H3. The third kappa shape index (κ3) is 3.64. The van der Waals surface area contributed by atoms with Crippen LogP contribution in [0.3, 0.4) is 0 Å². The second-order valence-electron chi connectivity index (χ2n) is 7.16. The van der Waals surface area contributed by atoms with Gasteiger partial charge in [0.05, 0.1) is 29.3 Å². The average molecular weight is 396 g/mol. The van der Waals surface area contributed by atoms with Crippen molar-refractivity contribution < 1.29 is 9.53 Å². The summed E-state index contributed by atoms with van der Waals surface area (Å²) in [6.45, 7) is 6.05. The summed E-state index contributed by atoms with van der Waals surface area (Å²) < 4.78 is 5.15. The lowest BCUT2D eigenvalue weighted by Crippen LogP contribution is -2.08. The van der Waals surface area contributed by atoms with Crippen LogP contribution in [-0.4, -0.2) is 22.5 Å². The zero-order chi connectivity index (χ0) is 21.1. The van der Waals surface area contributed by atoms with Crippen LogP contribution in [0.1, 0.15) is 28.7 Å². The van der Waals surface area contributed by atoms with Crippen molar-refractivity contribution in [1.82, 2.24) is 9.97 Å². The number of rotatable bonds is 5. The summed E-state index contributed by atoms with van der Waals surface area (Å²) in [6.07, 6.45) is 0. The van der Waals surface area contributed by atoms with Gasteiger partial charge in [-0.1, -0.05) is 60.7 Å². The summed E-state index contributed by atoms with van der Waals surface area (Å²) in [5, 5.41) is 0. The van der Waals surface area contributed by atoms with E-state index in [1.165, 1.54) is 0 Å². The van der Waals surface area contributed by atoms with Crippen molar-refractivity contribution in [2.45, 2.75) is 20.8 Å². The van der Waals surface area contributed by atoms with Gasteiger partial charge in [0.15, 0.2) is 0 Å². The van der Waals surface area contributed by atoms with Gasteiger partial charge in [-0.05, 0) is 44.0 Å². The van der Waals surface area contributed by atoms with E-state index in [2.05, 4.69) is 36.2 Å². The van der Waals surface area contributed by atoms with Gasteiger partial charge < -0.3 is 9.72 Å². The molecule has 4 nitrogen and oxygen atoms in total. The second kappa shape index (κ2) is 8.37. The molecule has 2 heterocycles. The van der Waals surface area contributed by atoms with Gasteiger partial charge in [0.25, 0.3) is 0 Å². The van der Waals surface area contributed by atoms with Crippen LogP contribution in [0.15, 0.2) is 72.8 Å². The van der Waals surface area contributed by atoms with Crippen molar-refractivity contribution in [2.24, 2.45) is 0 Å². The minimum absolute atomic E-state index is 0.340. The van der Waals surface area contributed by atoms with Crippen LogP contribution in [0.2, 0.25) is 0 Å². The van der Waals surface area contributed by atoms with E-state index in [0.717, 1.165) is 39.3 Å². The van der Waals surface area contributed by atoms with E-state index in [9.17, 15) is 4.79 Å². The normalized spacial score (nSPS) is 10.8. The van der Waals surface area contributed by atoms with E-state index in [1.807, 2.05) is 49.4 Å². The largest absolute Gasteiger partial charge is 0.462 e. The Bertz CT molecular complexity index is 1180. The smallest absolute Gasteiger partial charge is 0.339 e. The number of carbonyl (C=O) groups excluding carboxylic acids is 1. The summed E-state index contributed by atoms with van der Waals surface area (Å²) in [4.78, 5) is 20.5. The lowest BCUT2D eigenvalue weighted by molar-refractivity contribution is 0.0525. The number of aromatic amines is 1. The zero-order valence-electron chi connectivity index (χ0n) is 17.4. The summed E-state index contributed by atoms with van der Waals surface area (Å²) in [5.74, 6) is -0.340. The predicted octanol–water partition coefficient (Wildman–Crippen LogP) is 6.20. The molecule has 0 radical (unpaired) electrons. The molecular weight excluding hydrogens is 372 g/mol. The van der Waals surface area contributed by atoms with Crippen molar-refractivity contribution in [2.75, 3.05) is 6.61 Å². The molecule has 30 heavy (non-hydrogen) atoms. The number of pyridine rings is 1. The zero-order valence-corrected chi connectivity index (χ0v) is 17.4. The van der Waals surface area contributed by atoms with Crippen molar-refractivity contribution in [3.05, 3.63) is 89.7 Å². The Hall–Kier alpha value is -3.66. The quantitative estimate of drug-likeness (QED) is 0.408. The van der Waals surface area contributed by atoms with Crippen LogP contribution in [-0.2, 0) is 4.74 Å². The molecule has 0 atom stereocenters. The molecule has 0 aliphatic rings. The van der Waals surface area contributed by atoms with Gasteiger partial charge in [-0.25, -0.2) is 4.79 Å². The number of esters is 1. The number of carbonyl (C=O) groups is 1. The lowest BCUT2D eigenvalue weighted by Gasteiger charge is -2.11. The fourth-order valence-electron chi connectivity index (χ4n) is 3.78. The van der Waals surface area contributed by atoms with Gasteiger partial charge >= 0.3 is 5.97 Å². The fourth-order valence-corrected chi connectivity index (χ4v) is 3.78. The predicted molar refractivity (Wildman–Crippen MR) is 120 cm³/mol. The van der Waals surface area contributed by atoms with Crippen molar-refractivity contribution in [1.29, 1.82) is 0 Å². The SMILES string of the molecule is CCOC(=O)c1ccc(-c2c(C)[nH]c(-c3ccccc3)c2-c2ccccc2)nc1C. The third-order valence-corrected chi connectivity index (χ3v) is 5.15. The highest BCUT2D eigenvalue weighted by atomic mass is 16.5. The molecular formula is C26H24N2O2. The van der Waals surface area contributed by atoms with Crippen LogP contribution in [0.25, 0.3) is 33.6 Å². The molecule has 2 aromatic carbocycles. The molecule has 0 unspecified atom stereocenters. The summed E-state index contributed by atoms with van der Waals surface area (Å²) >= 11 is 0. The van der Waals surface area contributed by atoms with Gasteiger partial charge in [-0.3, -0.25) is 4.98 Å². The first-order chi connectivity index (χ1) is 14.6. The first-order valence-electron chi connectivity index (χ1n) is 10.1. The molecule has 0 aliphatic carbocycles. The second-order valence-corrected chi connectivity index (χ2v) is 7.16. The minimum atomic E-state index is -0.340. The van der Waals surface area contributed by atoms with Gasteiger partial charge in [0.1, 0.15) is 0 Å². The van der Waals surface area contributed by atoms with Gasteiger partial charge in [0, 0.05) is 16.8 Å². The topological polar surface area (TPSA) is 55.0 Å². The first kappa shape index (κ1) is 19.6. The number of aryl methyl sites for hydroxylation is 2. The Morgan fingerprint density at radius 1 is 0.867 bits per heavy atom. The number of benzene rings is 2. The number of ether oxygens (including phenoxy) is 1. The Balaban J connectivity index is 1.92. The lowest BCUT2D eigenvalue weighted by atomic mass is 9.95. The van der Waals surface area contributed by atoms with Crippen LogP contribution >= 0.6 is 0 Å². The van der Waals surface area contributed by atoms with E-state index in [-0.39, 0.29) is 5.97 Å². The number of nitrogens with one attached hydrogen (secondary N) is 1. The number of hydrogen-bond acceptors (Lipinski definition) is 3. The third-order valence-electron chi connectivity index (χ3n) is 5.15. The molecule has 150 valence electrons. The van der Waals surface area contributed by atoms with Crippen LogP contribution in [0.4, 0.5) is 0 Å². The van der Waals surface area contributed by atoms with Crippen LogP contribution in [0.5, 0.6) is 0 Å². The van der Waals surface area contributed by atoms with E-state index in [0.29, 0.717) is 17.9 Å². The molecule has 0 fully saturated rings. The molecule has 0 saturated carbocycles. The molecule has 1 N–H and O–H groups in total. The Morgan fingerprint density at radius 2 is 1.50 bits per heavy atom. The van der Waals surface area contributed by atoms with Crippen molar-refractivity contribution in [3.8, 4) is 33.6 Å². The van der Waals surface area contributed by atoms with Crippen LogP contribution < -0.4 is 0 Å². The molecule has 4 aromatic rings. The maximum absolute atomic E-state index is 12.2. The number of hydrogen-bond donors (Lipinski definition) is 1. The van der Waals surface area contributed by atoms with Gasteiger partial charge in [0.2, 0.25) is 0 Å². The molecule has 0 amide bonds. The highest BCUT2D eigenvalue weighted by molar-refractivity contribution is 5.95. The molecule has 4 rings (SSSR count). The number of H-pyrrole nitrogens is 1. The first-order valence-corrected chi connectivity index (χ1v) is 10.1. The number of nitrogens with zero attached hydrogens (tertiary/aromatic N) is 1. The van der Waals surface area contributed by atoms with Crippen LogP contribution in [0, 0.1) is 13.8 Å². The van der Waals surface area contributed by atoms with E-state index in [4.69, 9.17) is 9.72 Å². The minimum Gasteiger partial charge on any atom is -0.462 e. The monoisotopic (exact) mass is 396 g/mol. The van der Waals surface area contributed by atoms with Gasteiger partial charge in [-0.2, -0.15) is 0 Å². The summed E-state index contributed by atoms with van der Waals surface area (Å²) in [7, 11) is 0.